The fraction of sp³-hybridized carbons (Fsp3) is 0.478. The van der Waals surface area contributed by atoms with Gasteiger partial charge in [0.1, 0.15) is 11.5 Å². The molecule has 0 bridgehead atoms. The Morgan fingerprint density at radius 3 is 2.53 bits per heavy atom. The molecule has 0 radical (unpaired) electrons. The van der Waals surface area contributed by atoms with Crippen LogP contribution in [0, 0.1) is 0 Å². The van der Waals surface area contributed by atoms with Crippen LogP contribution < -0.4 is 26.0 Å². The van der Waals surface area contributed by atoms with Crippen LogP contribution in [0.1, 0.15) is 49.0 Å². The number of nitrogens with zero attached hydrogens (tertiary/aromatic N) is 3. The highest BCUT2D eigenvalue weighted by Crippen LogP contribution is 2.34. The molecule has 1 saturated carbocycles. The third-order valence-corrected chi connectivity index (χ3v) is 6.49. The number of carbonyl (C=O) groups is 2. The number of benzene rings is 1. The Morgan fingerprint density at radius 1 is 1.18 bits per heavy atom. The van der Waals surface area contributed by atoms with Crippen molar-refractivity contribution in [3.8, 4) is 5.75 Å². The van der Waals surface area contributed by atoms with E-state index in [1.54, 1.807) is 13.2 Å². The molecule has 1 aliphatic heterocycles. The van der Waals surface area contributed by atoms with Gasteiger partial charge in [0.15, 0.2) is 22.5 Å². The van der Waals surface area contributed by atoms with Gasteiger partial charge in [0.2, 0.25) is 0 Å². The summed E-state index contributed by atoms with van der Waals surface area (Å²) >= 11 is 6.29. The van der Waals surface area contributed by atoms with Crippen LogP contribution in [-0.2, 0) is 4.79 Å². The number of halogens is 1. The molecule has 34 heavy (non-hydrogen) atoms. The number of primary amides is 1. The van der Waals surface area contributed by atoms with Gasteiger partial charge in [-0.05, 0) is 37.8 Å². The van der Waals surface area contributed by atoms with E-state index in [-0.39, 0.29) is 34.6 Å². The monoisotopic (exact) mass is 488 g/mol. The standard InChI is InChI=1S/C23H29ClN6O4/c1-34-18-12-14(4-7-17(18)30-10-8-16(32)9-11-30)27-22-19(21(25)33)28-20(24)23(29-22)26-13-2-5-15(31)6-3-13/h4,7,12-13,15,31H,2-3,5-6,8-11H2,1H3,(H2,25,33)(H2,26,27,29)/t13-,15-. The van der Waals surface area contributed by atoms with Gasteiger partial charge in [0.25, 0.3) is 5.91 Å². The minimum absolute atomic E-state index is 0.0537. The van der Waals surface area contributed by atoms with Crippen molar-refractivity contribution in [2.24, 2.45) is 5.73 Å². The second-order valence-corrected chi connectivity index (χ2v) is 8.97. The summed E-state index contributed by atoms with van der Waals surface area (Å²) < 4.78 is 5.59. The number of rotatable bonds is 7. The summed E-state index contributed by atoms with van der Waals surface area (Å²) in [7, 11) is 1.58. The number of nitrogens with two attached hydrogens (primary N) is 1. The molecule has 2 heterocycles. The molecular formula is C23H29ClN6O4. The molecule has 1 saturated heterocycles. The van der Waals surface area contributed by atoms with E-state index < -0.39 is 5.91 Å². The second-order valence-electron chi connectivity index (χ2n) is 8.61. The Bertz CT molecular complexity index is 1060. The van der Waals surface area contributed by atoms with E-state index in [0.29, 0.717) is 56.0 Å². The highest BCUT2D eigenvalue weighted by Gasteiger charge is 2.24. The lowest BCUT2D eigenvalue weighted by molar-refractivity contribution is -0.119. The van der Waals surface area contributed by atoms with Crippen molar-refractivity contribution in [3.63, 3.8) is 0 Å². The second kappa shape index (κ2) is 10.4. The van der Waals surface area contributed by atoms with Crippen molar-refractivity contribution in [2.75, 3.05) is 35.7 Å². The Hall–Kier alpha value is -3.11. The number of aliphatic hydroxyl groups excluding tert-OH is 1. The SMILES string of the molecule is COc1cc(Nc2nc(N[C@H]3CC[C@H](O)CC3)c(Cl)nc2C(N)=O)ccc1N1CCC(=O)CC1. The molecule has 1 aromatic heterocycles. The summed E-state index contributed by atoms with van der Waals surface area (Å²) in [5.41, 5.74) is 6.97. The molecule has 182 valence electrons. The zero-order valence-corrected chi connectivity index (χ0v) is 19.8. The number of aromatic nitrogens is 2. The number of ketones is 1. The predicted molar refractivity (Wildman–Crippen MR) is 130 cm³/mol. The first-order valence-corrected chi connectivity index (χ1v) is 11.8. The number of Topliss-reactive ketones (excluding diaryl/α,β-unsaturated/α-hetero) is 1. The number of hydrogen-bond acceptors (Lipinski definition) is 9. The summed E-state index contributed by atoms with van der Waals surface area (Å²) in [5, 5.41) is 16.2. The molecule has 0 unspecified atom stereocenters. The van der Waals surface area contributed by atoms with Crippen molar-refractivity contribution in [1.82, 2.24) is 9.97 Å². The van der Waals surface area contributed by atoms with Crippen LogP contribution in [0.2, 0.25) is 5.15 Å². The van der Waals surface area contributed by atoms with Crippen LogP contribution in [-0.4, -0.2) is 59.1 Å². The minimum atomic E-state index is -0.759. The predicted octanol–water partition coefficient (Wildman–Crippen LogP) is 2.87. The van der Waals surface area contributed by atoms with E-state index in [0.717, 1.165) is 18.5 Å². The number of hydrogen-bond donors (Lipinski definition) is 4. The number of methoxy groups -OCH3 is 1. The Labute approximate surface area is 202 Å². The average Bonchev–Trinajstić information content (AvgIpc) is 2.82. The zero-order chi connectivity index (χ0) is 24.2. The van der Waals surface area contributed by atoms with Crippen molar-refractivity contribution in [2.45, 2.75) is 50.7 Å². The van der Waals surface area contributed by atoms with E-state index in [1.807, 2.05) is 12.1 Å². The maximum atomic E-state index is 12.0. The highest BCUT2D eigenvalue weighted by molar-refractivity contribution is 6.32. The van der Waals surface area contributed by atoms with Crippen LogP contribution in [0.25, 0.3) is 0 Å². The summed E-state index contributed by atoms with van der Waals surface area (Å²) in [6.45, 7) is 1.29. The molecule has 1 aromatic carbocycles. The maximum Gasteiger partial charge on any atom is 0.271 e. The van der Waals surface area contributed by atoms with Gasteiger partial charge in [-0.15, -0.1) is 0 Å². The van der Waals surface area contributed by atoms with Gasteiger partial charge in [0.05, 0.1) is 18.9 Å². The average molecular weight is 489 g/mol. The van der Waals surface area contributed by atoms with Crippen LogP contribution >= 0.6 is 11.6 Å². The number of nitrogens with one attached hydrogen (secondary N) is 2. The Balaban J connectivity index is 1.58. The molecule has 11 heteroatoms. The molecule has 1 aliphatic carbocycles. The Morgan fingerprint density at radius 2 is 1.88 bits per heavy atom. The topological polar surface area (TPSA) is 143 Å². The van der Waals surface area contributed by atoms with Crippen molar-refractivity contribution < 1.29 is 19.4 Å². The van der Waals surface area contributed by atoms with E-state index in [1.165, 1.54) is 0 Å². The van der Waals surface area contributed by atoms with Crippen LogP contribution in [0.3, 0.4) is 0 Å². The third kappa shape index (κ3) is 5.51. The number of ether oxygens (including phenoxy) is 1. The van der Waals surface area contributed by atoms with Gasteiger partial charge < -0.3 is 31.1 Å². The third-order valence-electron chi connectivity index (χ3n) is 6.23. The largest absolute Gasteiger partial charge is 0.495 e. The van der Waals surface area contributed by atoms with Gasteiger partial charge in [-0.2, -0.15) is 0 Å². The fourth-order valence-corrected chi connectivity index (χ4v) is 4.51. The number of amides is 1. The molecule has 2 aromatic rings. The maximum absolute atomic E-state index is 12.0. The molecule has 0 spiro atoms. The summed E-state index contributed by atoms with van der Waals surface area (Å²) in [4.78, 5) is 34.4. The van der Waals surface area contributed by atoms with Gasteiger partial charge in [-0.3, -0.25) is 9.59 Å². The molecule has 4 rings (SSSR count). The number of aliphatic hydroxyl groups is 1. The molecule has 0 atom stereocenters. The first kappa shape index (κ1) is 24.0. The van der Waals surface area contributed by atoms with Gasteiger partial charge in [-0.1, -0.05) is 11.6 Å². The Kier molecular flexibility index (Phi) is 7.38. The molecule has 2 aliphatic rings. The van der Waals surface area contributed by atoms with E-state index in [2.05, 4.69) is 25.5 Å². The number of carbonyl (C=O) groups excluding carboxylic acids is 2. The summed E-state index contributed by atoms with van der Waals surface area (Å²) in [6.07, 6.45) is 3.70. The zero-order valence-electron chi connectivity index (χ0n) is 19.0. The first-order valence-electron chi connectivity index (χ1n) is 11.4. The summed E-state index contributed by atoms with van der Waals surface area (Å²) in [6, 6.07) is 5.63. The van der Waals surface area contributed by atoms with Crippen LogP contribution in [0.4, 0.5) is 23.0 Å². The van der Waals surface area contributed by atoms with Crippen molar-refractivity contribution in [1.29, 1.82) is 0 Å². The minimum Gasteiger partial charge on any atom is -0.495 e. The molecule has 2 fully saturated rings. The van der Waals surface area contributed by atoms with E-state index in [9.17, 15) is 14.7 Å². The first-order chi connectivity index (χ1) is 16.3. The lowest BCUT2D eigenvalue weighted by Crippen LogP contribution is -2.33. The lowest BCUT2D eigenvalue weighted by atomic mass is 9.93. The van der Waals surface area contributed by atoms with Gasteiger partial charge in [0, 0.05) is 43.7 Å². The molecule has 5 N–H and O–H groups in total. The van der Waals surface area contributed by atoms with Crippen molar-refractivity contribution in [3.05, 3.63) is 29.0 Å². The van der Waals surface area contributed by atoms with Gasteiger partial charge in [-0.25, -0.2) is 9.97 Å². The highest BCUT2D eigenvalue weighted by atomic mass is 35.5. The van der Waals surface area contributed by atoms with Gasteiger partial charge >= 0.3 is 0 Å². The van der Waals surface area contributed by atoms with Crippen molar-refractivity contribution >= 4 is 46.3 Å². The fourth-order valence-electron chi connectivity index (χ4n) is 4.33. The van der Waals surface area contributed by atoms with E-state index >= 15 is 0 Å². The smallest absolute Gasteiger partial charge is 0.271 e. The summed E-state index contributed by atoms with van der Waals surface area (Å²) in [5.74, 6) is 0.653. The quantitative estimate of drug-likeness (QED) is 0.462. The lowest BCUT2D eigenvalue weighted by Gasteiger charge is -2.29. The molecule has 1 amide bonds. The number of piperidine rings is 1. The van der Waals surface area contributed by atoms with Crippen LogP contribution in [0.5, 0.6) is 5.75 Å². The van der Waals surface area contributed by atoms with Crippen LogP contribution in [0.15, 0.2) is 18.2 Å². The number of anilines is 4. The van der Waals surface area contributed by atoms with E-state index in [4.69, 9.17) is 22.1 Å². The molecule has 10 nitrogen and oxygen atoms in total. The normalized spacial score (nSPS) is 20.7. The molecular weight excluding hydrogens is 460 g/mol.